The molecule has 0 aliphatic heterocycles. The lowest BCUT2D eigenvalue weighted by Gasteiger charge is -2.24. The van der Waals surface area contributed by atoms with Gasteiger partial charge in [0.15, 0.2) is 11.3 Å². The number of nitro groups is 1. The van der Waals surface area contributed by atoms with Crippen molar-refractivity contribution in [2.45, 2.75) is 19.9 Å². The molecule has 128 valence electrons. The van der Waals surface area contributed by atoms with Gasteiger partial charge in [-0.3, -0.25) is 14.9 Å². The van der Waals surface area contributed by atoms with Crippen molar-refractivity contribution in [3.05, 3.63) is 69.6 Å². The van der Waals surface area contributed by atoms with E-state index in [1.165, 1.54) is 17.0 Å². The van der Waals surface area contributed by atoms with Crippen LogP contribution in [0.15, 0.2) is 46.9 Å². The van der Waals surface area contributed by atoms with E-state index in [1.807, 2.05) is 19.9 Å². The first kappa shape index (κ1) is 16.6. The molecule has 0 spiro atoms. The minimum absolute atomic E-state index is 0.00592. The lowest BCUT2D eigenvalue weighted by molar-refractivity contribution is -0.384. The molecule has 1 amide bonds. The predicted molar refractivity (Wildman–Crippen MR) is 92.4 cm³/mol. The van der Waals surface area contributed by atoms with Crippen molar-refractivity contribution in [1.82, 2.24) is 9.88 Å². The molecule has 0 aliphatic carbocycles. The van der Waals surface area contributed by atoms with Gasteiger partial charge in [-0.05, 0) is 31.5 Å². The minimum atomic E-state index is -0.453. The van der Waals surface area contributed by atoms with Crippen molar-refractivity contribution in [2.75, 3.05) is 7.05 Å². The molecule has 25 heavy (non-hydrogen) atoms. The van der Waals surface area contributed by atoms with Crippen molar-refractivity contribution in [2.24, 2.45) is 0 Å². The van der Waals surface area contributed by atoms with Gasteiger partial charge in [-0.25, -0.2) is 4.98 Å². The molecule has 7 heteroatoms. The second-order valence-corrected chi connectivity index (χ2v) is 5.89. The summed E-state index contributed by atoms with van der Waals surface area (Å²) in [5.41, 5.74) is 2.68. The van der Waals surface area contributed by atoms with E-state index in [-0.39, 0.29) is 23.4 Å². The van der Waals surface area contributed by atoms with E-state index >= 15 is 0 Å². The lowest BCUT2D eigenvalue weighted by atomic mass is 10.1. The summed E-state index contributed by atoms with van der Waals surface area (Å²) < 4.78 is 5.59. The number of amides is 1. The number of aromatic nitrogens is 1. The highest BCUT2D eigenvalue weighted by molar-refractivity contribution is 5.95. The molecule has 1 atom stereocenters. The Hall–Kier alpha value is -3.22. The minimum Gasteiger partial charge on any atom is -0.449 e. The number of rotatable bonds is 4. The number of hydrogen-bond acceptors (Lipinski definition) is 5. The summed E-state index contributed by atoms with van der Waals surface area (Å²) in [5, 5.41) is 10.9. The quantitative estimate of drug-likeness (QED) is 0.531. The first-order chi connectivity index (χ1) is 11.9. The number of fused-ring (bicyclic) bond motifs is 1. The number of hydrogen-bond donors (Lipinski definition) is 0. The topological polar surface area (TPSA) is 89.5 Å². The van der Waals surface area contributed by atoms with Gasteiger partial charge in [-0.2, -0.15) is 0 Å². The average molecular weight is 339 g/mol. The van der Waals surface area contributed by atoms with Crippen molar-refractivity contribution >= 4 is 22.7 Å². The number of pyridine rings is 1. The van der Waals surface area contributed by atoms with Crippen LogP contribution in [0.25, 0.3) is 11.1 Å². The van der Waals surface area contributed by atoms with Crippen LogP contribution in [0.4, 0.5) is 5.69 Å². The molecule has 0 N–H and O–H groups in total. The summed E-state index contributed by atoms with van der Waals surface area (Å²) in [6.07, 6.45) is 0. The Morgan fingerprint density at radius 3 is 2.76 bits per heavy atom. The Bertz CT molecular complexity index is 964. The van der Waals surface area contributed by atoms with Crippen LogP contribution in [0.3, 0.4) is 0 Å². The number of carbonyl (C=O) groups excluding carboxylic acids is 1. The first-order valence-corrected chi connectivity index (χ1v) is 7.75. The fraction of sp³-hybridized carbons (Fsp3) is 0.222. The Morgan fingerprint density at radius 1 is 1.28 bits per heavy atom. The number of carbonyl (C=O) groups is 1. The van der Waals surface area contributed by atoms with Crippen LogP contribution >= 0.6 is 0 Å². The highest BCUT2D eigenvalue weighted by Gasteiger charge is 2.23. The van der Waals surface area contributed by atoms with Gasteiger partial charge >= 0.3 is 0 Å². The smallest absolute Gasteiger partial charge is 0.289 e. The van der Waals surface area contributed by atoms with E-state index in [0.29, 0.717) is 16.7 Å². The van der Waals surface area contributed by atoms with Gasteiger partial charge in [0.05, 0.1) is 11.0 Å². The van der Waals surface area contributed by atoms with Crippen LogP contribution in [0, 0.1) is 17.0 Å². The maximum Gasteiger partial charge on any atom is 0.289 e. The lowest BCUT2D eigenvalue weighted by Crippen LogP contribution is -2.29. The van der Waals surface area contributed by atoms with Crippen LogP contribution in [0.1, 0.15) is 34.8 Å². The van der Waals surface area contributed by atoms with Crippen molar-refractivity contribution in [1.29, 1.82) is 0 Å². The molecule has 0 saturated carbocycles. The molecule has 0 saturated heterocycles. The summed E-state index contributed by atoms with van der Waals surface area (Å²) in [7, 11) is 1.64. The summed E-state index contributed by atoms with van der Waals surface area (Å²) in [4.78, 5) is 29.0. The molecule has 2 heterocycles. The molecule has 0 radical (unpaired) electrons. The van der Waals surface area contributed by atoms with Gasteiger partial charge in [0.2, 0.25) is 0 Å². The molecule has 1 unspecified atom stereocenters. The molecular weight excluding hydrogens is 322 g/mol. The number of aryl methyl sites for hydroxylation is 1. The zero-order valence-electron chi connectivity index (χ0n) is 14.1. The molecule has 3 rings (SSSR count). The van der Waals surface area contributed by atoms with Gasteiger partial charge in [0, 0.05) is 30.9 Å². The largest absolute Gasteiger partial charge is 0.449 e. The Morgan fingerprint density at radius 2 is 2.04 bits per heavy atom. The van der Waals surface area contributed by atoms with Crippen LogP contribution in [-0.2, 0) is 0 Å². The van der Waals surface area contributed by atoms with E-state index in [2.05, 4.69) is 4.98 Å². The second-order valence-electron chi connectivity index (χ2n) is 5.89. The highest BCUT2D eigenvalue weighted by Crippen LogP contribution is 2.26. The second kappa shape index (κ2) is 6.35. The number of non-ortho nitro benzene ring substituents is 1. The van der Waals surface area contributed by atoms with Crippen LogP contribution in [-0.4, -0.2) is 27.8 Å². The fourth-order valence-electron chi connectivity index (χ4n) is 2.60. The van der Waals surface area contributed by atoms with Gasteiger partial charge in [-0.15, -0.1) is 0 Å². The highest BCUT2D eigenvalue weighted by atomic mass is 16.6. The first-order valence-electron chi connectivity index (χ1n) is 7.75. The summed E-state index contributed by atoms with van der Waals surface area (Å²) in [6, 6.07) is 11.1. The van der Waals surface area contributed by atoms with Crippen molar-refractivity contribution < 1.29 is 14.1 Å². The van der Waals surface area contributed by atoms with E-state index in [9.17, 15) is 14.9 Å². The van der Waals surface area contributed by atoms with Crippen LogP contribution in [0.5, 0.6) is 0 Å². The average Bonchev–Trinajstić information content (AvgIpc) is 3.02. The molecule has 0 aliphatic rings. The van der Waals surface area contributed by atoms with Crippen molar-refractivity contribution in [3.8, 4) is 0 Å². The standard InChI is InChI=1S/C18H17N3O4/c1-11-7-8-16-15(19-11)10-17(25-16)18(22)20(3)12(2)13-5-4-6-14(9-13)21(23)24/h4-10,12H,1-3H3. The molecule has 0 bridgehead atoms. The van der Waals surface area contributed by atoms with E-state index in [4.69, 9.17) is 4.42 Å². The van der Waals surface area contributed by atoms with E-state index < -0.39 is 4.92 Å². The molecule has 0 fully saturated rings. The third kappa shape index (κ3) is 3.21. The molecule has 7 nitrogen and oxygen atoms in total. The fourth-order valence-corrected chi connectivity index (χ4v) is 2.60. The van der Waals surface area contributed by atoms with Gasteiger partial charge in [-0.1, -0.05) is 12.1 Å². The third-order valence-corrected chi connectivity index (χ3v) is 4.19. The number of nitrogens with zero attached hydrogens (tertiary/aromatic N) is 3. The van der Waals surface area contributed by atoms with Gasteiger partial charge in [0.1, 0.15) is 5.52 Å². The summed E-state index contributed by atoms with van der Waals surface area (Å²) in [5.74, 6) is -0.123. The summed E-state index contributed by atoms with van der Waals surface area (Å²) in [6.45, 7) is 3.67. The SMILES string of the molecule is Cc1ccc2oc(C(=O)N(C)C(C)c3cccc([N+](=O)[O-])c3)cc2n1. The number of furan rings is 1. The Labute approximate surface area is 144 Å². The van der Waals surface area contributed by atoms with Crippen LogP contribution < -0.4 is 0 Å². The van der Waals surface area contributed by atoms with Gasteiger partial charge in [0.25, 0.3) is 11.6 Å². The molecule has 2 aromatic heterocycles. The monoisotopic (exact) mass is 339 g/mol. The van der Waals surface area contributed by atoms with Gasteiger partial charge < -0.3 is 9.32 Å². The zero-order valence-corrected chi connectivity index (χ0v) is 14.1. The number of benzene rings is 1. The molecule has 3 aromatic rings. The van der Waals surface area contributed by atoms with Crippen molar-refractivity contribution in [3.63, 3.8) is 0 Å². The maximum absolute atomic E-state index is 12.7. The Balaban J connectivity index is 1.87. The van der Waals surface area contributed by atoms with E-state index in [0.717, 1.165) is 5.69 Å². The molecular formula is C18H17N3O4. The third-order valence-electron chi connectivity index (χ3n) is 4.19. The normalized spacial score (nSPS) is 12.1. The zero-order chi connectivity index (χ0) is 18.1. The maximum atomic E-state index is 12.7. The van der Waals surface area contributed by atoms with E-state index in [1.54, 1.807) is 31.3 Å². The van der Waals surface area contributed by atoms with Crippen LogP contribution in [0.2, 0.25) is 0 Å². The Kier molecular flexibility index (Phi) is 4.22. The predicted octanol–water partition coefficient (Wildman–Crippen LogP) is 3.88. The summed E-state index contributed by atoms with van der Waals surface area (Å²) >= 11 is 0. The molecule has 1 aromatic carbocycles. The number of nitro benzene ring substituents is 1.